The molecule has 0 aliphatic carbocycles. The van der Waals surface area contributed by atoms with Gasteiger partial charge < -0.3 is 15.5 Å². The Hall–Kier alpha value is -0.910. The minimum Gasteiger partial charge on any atom is -0.390 e. The lowest BCUT2D eigenvalue weighted by molar-refractivity contribution is 0.559. The van der Waals surface area contributed by atoms with Crippen molar-refractivity contribution >= 4 is 23.8 Å². The Morgan fingerprint density at radius 2 is 2.15 bits per heavy atom. The molecule has 1 fully saturated rings. The highest BCUT2D eigenvalue weighted by Gasteiger charge is 2.15. The number of hydrogen-bond acceptors (Lipinski definition) is 6. The molecule has 13 heavy (non-hydrogen) atoms. The summed E-state index contributed by atoms with van der Waals surface area (Å²) in [6.07, 6.45) is 2.29. The van der Waals surface area contributed by atoms with E-state index in [1.165, 1.54) is 11.5 Å². The van der Waals surface area contributed by atoms with Crippen molar-refractivity contribution in [1.29, 1.82) is 0 Å². The molecule has 0 saturated carbocycles. The summed E-state index contributed by atoms with van der Waals surface area (Å²) < 4.78 is 5.02. The standard InChI is InChI=1S/C7H12N4OS/c8-6-10-11-7(12-6)9-5-1-3-13-4-2-5/h5H,1-4H2,(H2,8,10)(H,9,11). The van der Waals surface area contributed by atoms with Crippen LogP contribution in [0.15, 0.2) is 4.42 Å². The van der Waals surface area contributed by atoms with Gasteiger partial charge in [-0.25, -0.2) is 0 Å². The maximum Gasteiger partial charge on any atom is 0.317 e. The van der Waals surface area contributed by atoms with Crippen LogP contribution < -0.4 is 11.1 Å². The Balaban J connectivity index is 1.89. The molecular weight excluding hydrogens is 188 g/mol. The van der Waals surface area contributed by atoms with Crippen LogP contribution in [0.3, 0.4) is 0 Å². The summed E-state index contributed by atoms with van der Waals surface area (Å²) in [4.78, 5) is 0. The number of anilines is 2. The Bertz CT molecular complexity index is 271. The van der Waals surface area contributed by atoms with Crippen LogP contribution in [-0.4, -0.2) is 27.7 Å². The van der Waals surface area contributed by atoms with E-state index in [1.54, 1.807) is 0 Å². The first-order chi connectivity index (χ1) is 6.34. The van der Waals surface area contributed by atoms with Gasteiger partial charge in [0.05, 0.1) is 0 Å². The Kier molecular flexibility index (Phi) is 2.58. The first-order valence-electron chi connectivity index (χ1n) is 4.28. The van der Waals surface area contributed by atoms with Crippen molar-refractivity contribution in [2.45, 2.75) is 18.9 Å². The predicted octanol–water partition coefficient (Wildman–Crippen LogP) is 0.959. The van der Waals surface area contributed by atoms with Gasteiger partial charge in [-0.3, -0.25) is 0 Å². The Morgan fingerprint density at radius 3 is 2.77 bits per heavy atom. The number of nitrogens with two attached hydrogens (primary N) is 1. The predicted molar refractivity (Wildman–Crippen MR) is 52.7 cm³/mol. The number of aromatic nitrogens is 2. The lowest BCUT2D eigenvalue weighted by atomic mass is 10.2. The summed E-state index contributed by atoms with van der Waals surface area (Å²) >= 11 is 1.98. The molecule has 1 saturated heterocycles. The van der Waals surface area contributed by atoms with Crippen LogP contribution >= 0.6 is 11.8 Å². The molecule has 0 spiro atoms. The molecule has 0 bridgehead atoms. The maximum absolute atomic E-state index is 5.30. The fraction of sp³-hybridized carbons (Fsp3) is 0.714. The highest BCUT2D eigenvalue weighted by atomic mass is 32.2. The van der Waals surface area contributed by atoms with Gasteiger partial charge in [-0.1, -0.05) is 10.2 Å². The first-order valence-corrected chi connectivity index (χ1v) is 5.43. The zero-order chi connectivity index (χ0) is 9.10. The van der Waals surface area contributed by atoms with E-state index in [-0.39, 0.29) is 6.01 Å². The molecule has 72 valence electrons. The molecule has 1 aliphatic heterocycles. The molecule has 0 aromatic carbocycles. The second kappa shape index (κ2) is 3.87. The van der Waals surface area contributed by atoms with Gasteiger partial charge in [0.25, 0.3) is 0 Å². The molecule has 0 unspecified atom stereocenters. The van der Waals surface area contributed by atoms with Gasteiger partial charge in [-0.15, -0.1) is 0 Å². The van der Waals surface area contributed by atoms with Crippen LogP contribution in [-0.2, 0) is 0 Å². The van der Waals surface area contributed by atoms with Crippen molar-refractivity contribution in [1.82, 2.24) is 10.2 Å². The zero-order valence-corrected chi connectivity index (χ0v) is 8.01. The number of hydrogen-bond donors (Lipinski definition) is 2. The topological polar surface area (TPSA) is 77.0 Å². The quantitative estimate of drug-likeness (QED) is 0.740. The minimum atomic E-state index is 0.118. The lowest BCUT2D eigenvalue weighted by Gasteiger charge is -2.20. The molecule has 6 heteroatoms. The summed E-state index contributed by atoms with van der Waals surface area (Å²) in [5.74, 6) is 2.39. The van der Waals surface area contributed by atoms with Gasteiger partial charge in [-0.05, 0) is 24.3 Å². The number of nitrogen functional groups attached to an aromatic ring is 1. The highest BCUT2D eigenvalue weighted by molar-refractivity contribution is 7.99. The maximum atomic E-state index is 5.30. The molecule has 1 aromatic rings. The van der Waals surface area contributed by atoms with Crippen molar-refractivity contribution in [2.75, 3.05) is 22.6 Å². The zero-order valence-electron chi connectivity index (χ0n) is 7.19. The number of nitrogens with one attached hydrogen (secondary N) is 1. The van der Waals surface area contributed by atoms with Gasteiger partial charge in [0.1, 0.15) is 0 Å². The van der Waals surface area contributed by atoms with Crippen molar-refractivity contribution < 1.29 is 4.42 Å². The number of thioether (sulfide) groups is 1. The smallest absolute Gasteiger partial charge is 0.317 e. The van der Waals surface area contributed by atoms with E-state index in [9.17, 15) is 0 Å². The second-order valence-electron chi connectivity index (χ2n) is 2.98. The molecule has 5 nitrogen and oxygen atoms in total. The molecule has 3 N–H and O–H groups in total. The van der Waals surface area contributed by atoms with E-state index < -0.39 is 0 Å². The van der Waals surface area contributed by atoms with Crippen molar-refractivity contribution in [2.24, 2.45) is 0 Å². The van der Waals surface area contributed by atoms with E-state index in [4.69, 9.17) is 10.2 Å². The van der Waals surface area contributed by atoms with Crippen molar-refractivity contribution in [3.63, 3.8) is 0 Å². The number of rotatable bonds is 2. The van der Waals surface area contributed by atoms with E-state index in [1.807, 2.05) is 11.8 Å². The molecule has 0 atom stereocenters. The van der Waals surface area contributed by atoms with Crippen LogP contribution in [0.25, 0.3) is 0 Å². The summed E-state index contributed by atoms with van der Waals surface area (Å²) in [6, 6.07) is 1.02. The fourth-order valence-corrected chi connectivity index (χ4v) is 2.42. The average Bonchev–Trinajstić information content (AvgIpc) is 2.53. The summed E-state index contributed by atoms with van der Waals surface area (Å²) in [6.45, 7) is 0. The summed E-state index contributed by atoms with van der Waals surface area (Å²) in [7, 11) is 0. The summed E-state index contributed by atoms with van der Waals surface area (Å²) in [5.41, 5.74) is 5.30. The highest BCUT2D eigenvalue weighted by Crippen LogP contribution is 2.20. The van der Waals surface area contributed by atoms with Crippen LogP contribution in [0, 0.1) is 0 Å². The van der Waals surface area contributed by atoms with Gasteiger partial charge in [0.2, 0.25) is 0 Å². The molecule has 2 rings (SSSR count). The van der Waals surface area contributed by atoms with E-state index in [0.29, 0.717) is 12.1 Å². The van der Waals surface area contributed by atoms with Gasteiger partial charge >= 0.3 is 12.0 Å². The fourth-order valence-electron chi connectivity index (χ4n) is 1.31. The largest absolute Gasteiger partial charge is 0.390 e. The van der Waals surface area contributed by atoms with E-state index >= 15 is 0 Å². The lowest BCUT2D eigenvalue weighted by Crippen LogP contribution is -2.24. The molecule has 2 heterocycles. The van der Waals surface area contributed by atoms with Crippen LogP contribution in [0.4, 0.5) is 12.0 Å². The van der Waals surface area contributed by atoms with Gasteiger partial charge in [0.15, 0.2) is 0 Å². The molecule has 1 aliphatic rings. The normalized spacial score (nSPS) is 18.8. The van der Waals surface area contributed by atoms with Crippen LogP contribution in [0.5, 0.6) is 0 Å². The third-order valence-corrected chi connectivity index (χ3v) is 3.04. The van der Waals surface area contributed by atoms with Crippen molar-refractivity contribution in [3.05, 3.63) is 0 Å². The molecular formula is C7H12N4OS. The van der Waals surface area contributed by atoms with E-state index in [0.717, 1.165) is 12.8 Å². The average molecular weight is 200 g/mol. The third kappa shape index (κ3) is 2.27. The van der Waals surface area contributed by atoms with Gasteiger partial charge in [0, 0.05) is 6.04 Å². The molecule has 1 aromatic heterocycles. The molecule has 0 amide bonds. The van der Waals surface area contributed by atoms with Crippen LogP contribution in [0.2, 0.25) is 0 Å². The van der Waals surface area contributed by atoms with Crippen molar-refractivity contribution in [3.8, 4) is 0 Å². The minimum absolute atomic E-state index is 0.118. The van der Waals surface area contributed by atoms with Crippen LogP contribution in [0.1, 0.15) is 12.8 Å². The first kappa shape index (κ1) is 8.68. The second-order valence-corrected chi connectivity index (χ2v) is 4.20. The van der Waals surface area contributed by atoms with E-state index in [2.05, 4.69) is 15.5 Å². The summed E-state index contributed by atoms with van der Waals surface area (Å²) in [5, 5.41) is 10.5. The molecule has 0 radical (unpaired) electrons. The Labute approximate surface area is 80.5 Å². The van der Waals surface area contributed by atoms with Gasteiger partial charge in [-0.2, -0.15) is 11.8 Å². The monoisotopic (exact) mass is 200 g/mol. The Morgan fingerprint density at radius 1 is 1.38 bits per heavy atom. The third-order valence-electron chi connectivity index (χ3n) is 1.99. The SMILES string of the molecule is Nc1nnc(NC2CCSCC2)o1. The number of nitrogens with zero attached hydrogens (tertiary/aromatic N) is 2.